The number of benzene rings is 1. The van der Waals surface area contributed by atoms with Crippen LogP contribution >= 0.6 is 0 Å². The molecule has 82 valence electrons. The summed E-state index contributed by atoms with van der Waals surface area (Å²) in [5.74, 6) is 0.935. The molecule has 0 atom stereocenters. The van der Waals surface area contributed by atoms with E-state index in [2.05, 4.69) is 29.6 Å². The Morgan fingerprint density at radius 1 is 1.27 bits per heavy atom. The van der Waals surface area contributed by atoms with E-state index in [0.29, 0.717) is 0 Å². The number of nitrogens with one attached hydrogen (secondary N) is 1. The summed E-state index contributed by atoms with van der Waals surface area (Å²) in [7, 11) is 1.96. The first-order valence-corrected chi connectivity index (χ1v) is 5.41. The van der Waals surface area contributed by atoms with E-state index in [4.69, 9.17) is 4.74 Å². The maximum absolute atomic E-state index is 5.37. The summed E-state index contributed by atoms with van der Waals surface area (Å²) in [5.41, 5.74) is 1.22. The standard InChI is InChI=1S/C13H19NO/c1-3-15-13-9-7-12(8-10-13)6-4-5-11-14-2/h4,6-10,14H,3,5,11H2,1-2H3. The van der Waals surface area contributed by atoms with Gasteiger partial charge < -0.3 is 10.1 Å². The van der Waals surface area contributed by atoms with Gasteiger partial charge in [-0.15, -0.1) is 0 Å². The summed E-state index contributed by atoms with van der Waals surface area (Å²) in [6.45, 7) is 3.73. The molecular formula is C13H19NO. The lowest BCUT2D eigenvalue weighted by Crippen LogP contribution is -2.05. The molecule has 1 aromatic rings. The summed E-state index contributed by atoms with van der Waals surface area (Å²) in [5, 5.41) is 3.11. The van der Waals surface area contributed by atoms with Crippen LogP contribution in [-0.4, -0.2) is 20.2 Å². The molecule has 0 aliphatic carbocycles. The number of hydrogen-bond donors (Lipinski definition) is 1. The first kappa shape index (κ1) is 11.8. The van der Waals surface area contributed by atoms with Crippen molar-refractivity contribution in [2.45, 2.75) is 13.3 Å². The van der Waals surface area contributed by atoms with E-state index >= 15 is 0 Å². The van der Waals surface area contributed by atoms with E-state index in [9.17, 15) is 0 Å². The summed E-state index contributed by atoms with van der Waals surface area (Å²) in [6, 6.07) is 8.14. The predicted octanol–water partition coefficient (Wildman–Crippen LogP) is 2.71. The van der Waals surface area contributed by atoms with E-state index in [1.165, 1.54) is 5.56 Å². The molecule has 2 nitrogen and oxygen atoms in total. The third-order valence-electron chi connectivity index (χ3n) is 2.06. The Bertz CT molecular complexity index is 290. The molecule has 0 aliphatic rings. The molecule has 0 unspecified atom stereocenters. The van der Waals surface area contributed by atoms with Gasteiger partial charge in [-0.2, -0.15) is 0 Å². The van der Waals surface area contributed by atoms with Gasteiger partial charge in [0.1, 0.15) is 5.75 Å². The average molecular weight is 205 g/mol. The highest BCUT2D eigenvalue weighted by Crippen LogP contribution is 2.13. The van der Waals surface area contributed by atoms with Crippen molar-refractivity contribution in [1.29, 1.82) is 0 Å². The molecule has 15 heavy (non-hydrogen) atoms. The smallest absolute Gasteiger partial charge is 0.119 e. The topological polar surface area (TPSA) is 21.3 Å². The molecule has 0 fully saturated rings. The highest BCUT2D eigenvalue weighted by Gasteiger charge is 1.90. The molecule has 0 bridgehead atoms. The highest BCUT2D eigenvalue weighted by atomic mass is 16.5. The van der Waals surface area contributed by atoms with Crippen LogP contribution in [0, 0.1) is 0 Å². The zero-order chi connectivity index (χ0) is 10.9. The fourth-order valence-electron chi connectivity index (χ4n) is 1.29. The first-order chi connectivity index (χ1) is 7.36. The lowest BCUT2D eigenvalue weighted by molar-refractivity contribution is 0.340. The third kappa shape index (κ3) is 4.66. The predicted molar refractivity (Wildman–Crippen MR) is 65.2 cm³/mol. The Labute approximate surface area is 92.0 Å². The van der Waals surface area contributed by atoms with Gasteiger partial charge in [-0.25, -0.2) is 0 Å². The van der Waals surface area contributed by atoms with Crippen molar-refractivity contribution >= 4 is 6.08 Å². The minimum Gasteiger partial charge on any atom is -0.494 e. The summed E-state index contributed by atoms with van der Waals surface area (Å²) in [4.78, 5) is 0. The van der Waals surface area contributed by atoms with Crippen molar-refractivity contribution in [2.75, 3.05) is 20.2 Å². The molecule has 0 spiro atoms. The van der Waals surface area contributed by atoms with Crippen LogP contribution in [0.2, 0.25) is 0 Å². The molecule has 2 heteroatoms. The van der Waals surface area contributed by atoms with Crippen LogP contribution in [0.15, 0.2) is 30.3 Å². The number of hydrogen-bond acceptors (Lipinski definition) is 2. The van der Waals surface area contributed by atoms with Gasteiger partial charge in [0.15, 0.2) is 0 Å². The van der Waals surface area contributed by atoms with Crippen LogP contribution in [0.4, 0.5) is 0 Å². The normalized spacial score (nSPS) is 10.8. The molecule has 0 aromatic heterocycles. The first-order valence-electron chi connectivity index (χ1n) is 5.41. The third-order valence-corrected chi connectivity index (χ3v) is 2.06. The quantitative estimate of drug-likeness (QED) is 0.721. The van der Waals surface area contributed by atoms with Crippen molar-refractivity contribution in [3.8, 4) is 5.75 Å². The molecule has 1 aromatic carbocycles. The minimum absolute atomic E-state index is 0.720. The van der Waals surface area contributed by atoms with Gasteiger partial charge in [-0.05, 0) is 44.6 Å². The van der Waals surface area contributed by atoms with Crippen LogP contribution in [-0.2, 0) is 0 Å². The van der Waals surface area contributed by atoms with Crippen LogP contribution in [0.1, 0.15) is 18.9 Å². The molecule has 1 rings (SSSR count). The van der Waals surface area contributed by atoms with Crippen molar-refractivity contribution in [1.82, 2.24) is 5.32 Å². The summed E-state index contributed by atoms with van der Waals surface area (Å²) in [6.07, 6.45) is 5.36. The molecule has 0 heterocycles. The van der Waals surface area contributed by atoms with E-state index < -0.39 is 0 Å². The lowest BCUT2D eigenvalue weighted by Gasteiger charge is -2.02. The van der Waals surface area contributed by atoms with Gasteiger partial charge in [0.2, 0.25) is 0 Å². The van der Waals surface area contributed by atoms with E-state index in [-0.39, 0.29) is 0 Å². The summed E-state index contributed by atoms with van der Waals surface area (Å²) < 4.78 is 5.37. The fraction of sp³-hybridized carbons (Fsp3) is 0.385. The molecule has 0 radical (unpaired) electrons. The molecule has 1 N–H and O–H groups in total. The Kier molecular flexibility index (Phi) is 5.56. The average Bonchev–Trinajstić information content (AvgIpc) is 2.27. The molecule has 0 amide bonds. The van der Waals surface area contributed by atoms with Gasteiger partial charge in [-0.3, -0.25) is 0 Å². The molecular weight excluding hydrogens is 186 g/mol. The molecule has 0 aliphatic heterocycles. The van der Waals surface area contributed by atoms with Crippen molar-refractivity contribution < 1.29 is 4.74 Å². The summed E-state index contributed by atoms with van der Waals surface area (Å²) >= 11 is 0. The second-order valence-electron chi connectivity index (χ2n) is 3.30. The van der Waals surface area contributed by atoms with E-state index in [1.54, 1.807) is 0 Å². The minimum atomic E-state index is 0.720. The Balaban J connectivity index is 2.45. The van der Waals surface area contributed by atoms with Crippen molar-refractivity contribution in [2.24, 2.45) is 0 Å². The Hall–Kier alpha value is -1.28. The van der Waals surface area contributed by atoms with Crippen LogP contribution in [0.25, 0.3) is 6.08 Å². The number of rotatable bonds is 6. The van der Waals surface area contributed by atoms with Gasteiger partial charge in [0.05, 0.1) is 6.61 Å². The van der Waals surface area contributed by atoms with Gasteiger partial charge in [-0.1, -0.05) is 24.3 Å². The largest absolute Gasteiger partial charge is 0.494 e. The van der Waals surface area contributed by atoms with Gasteiger partial charge >= 0.3 is 0 Å². The molecule has 0 saturated heterocycles. The lowest BCUT2D eigenvalue weighted by atomic mass is 10.2. The van der Waals surface area contributed by atoms with Gasteiger partial charge in [0, 0.05) is 0 Å². The van der Waals surface area contributed by atoms with Gasteiger partial charge in [0.25, 0.3) is 0 Å². The van der Waals surface area contributed by atoms with Crippen molar-refractivity contribution in [3.63, 3.8) is 0 Å². The van der Waals surface area contributed by atoms with Crippen LogP contribution in [0.5, 0.6) is 5.75 Å². The van der Waals surface area contributed by atoms with E-state index in [1.807, 2.05) is 26.1 Å². The number of ether oxygens (including phenoxy) is 1. The van der Waals surface area contributed by atoms with Crippen LogP contribution in [0.3, 0.4) is 0 Å². The van der Waals surface area contributed by atoms with Crippen LogP contribution < -0.4 is 10.1 Å². The van der Waals surface area contributed by atoms with Crippen molar-refractivity contribution in [3.05, 3.63) is 35.9 Å². The second-order valence-corrected chi connectivity index (χ2v) is 3.30. The second kappa shape index (κ2) is 7.07. The fourth-order valence-corrected chi connectivity index (χ4v) is 1.29. The van der Waals surface area contributed by atoms with E-state index in [0.717, 1.165) is 25.3 Å². The molecule has 0 saturated carbocycles. The Morgan fingerprint density at radius 2 is 2.00 bits per heavy atom. The monoisotopic (exact) mass is 205 g/mol. The zero-order valence-electron chi connectivity index (χ0n) is 9.49. The maximum atomic E-state index is 5.37. The SMILES string of the molecule is CCOc1ccc(C=CCCNC)cc1. The zero-order valence-corrected chi connectivity index (χ0v) is 9.49. The highest BCUT2D eigenvalue weighted by molar-refractivity contribution is 5.50. The Morgan fingerprint density at radius 3 is 2.60 bits per heavy atom. The maximum Gasteiger partial charge on any atom is 0.119 e.